The Morgan fingerprint density at radius 3 is 2.42 bits per heavy atom. The van der Waals surface area contributed by atoms with Gasteiger partial charge in [0.2, 0.25) is 0 Å². The van der Waals surface area contributed by atoms with Crippen molar-refractivity contribution < 1.29 is 8.78 Å². The van der Waals surface area contributed by atoms with Crippen LogP contribution in [-0.4, -0.2) is 4.98 Å². The van der Waals surface area contributed by atoms with Crippen LogP contribution < -0.4 is 5.73 Å². The molecule has 100 valence electrons. The smallest absolute Gasteiger partial charge is 0.126 e. The Labute approximate surface area is 118 Å². The van der Waals surface area contributed by atoms with Gasteiger partial charge in [-0.2, -0.15) is 0 Å². The second-order valence-corrected chi connectivity index (χ2v) is 5.37. The first-order chi connectivity index (χ1) is 8.95. The summed E-state index contributed by atoms with van der Waals surface area (Å²) in [6.07, 6.45) is 2.08. The van der Waals surface area contributed by atoms with Crippen molar-refractivity contribution in [1.29, 1.82) is 0 Å². The summed E-state index contributed by atoms with van der Waals surface area (Å²) < 4.78 is 27.1. The zero-order valence-electron chi connectivity index (χ0n) is 10.3. The lowest BCUT2D eigenvalue weighted by Gasteiger charge is -2.13. The summed E-state index contributed by atoms with van der Waals surface area (Å²) in [6.45, 7) is 1.95. The summed E-state index contributed by atoms with van der Waals surface area (Å²) in [5.41, 5.74) is 7.62. The van der Waals surface area contributed by atoms with Crippen LogP contribution in [0.25, 0.3) is 0 Å². The third-order valence-corrected chi connectivity index (χ3v) is 3.46. The summed E-state index contributed by atoms with van der Waals surface area (Å²) in [5, 5.41) is 0. The lowest BCUT2D eigenvalue weighted by molar-refractivity contribution is 0.576. The molecule has 1 heterocycles. The molecule has 1 atom stereocenters. The van der Waals surface area contributed by atoms with E-state index in [0.717, 1.165) is 16.2 Å². The van der Waals surface area contributed by atoms with E-state index in [1.165, 1.54) is 12.1 Å². The Hall–Kier alpha value is -1.49. The summed E-state index contributed by atoms with van der Waals surface area (Å²) in [7, 11) is 0. The van der Waals surface area contributed by atoms with Crippen molar-refractivity contribution in [1.82, 2.24) is 4.98 Å². The van der Waals surface area contributed by atoms with Crippen LogP contribution in [0.15, 0.2) is 34.9 Å². The number of rotatable bonds is 3. The van der Waals surface area contributed by atoms with Crippen molar-refractivity contribution in [3.63, 3.8) is 0 Å². The number of anilines is 1. The van der Waals surface area contributed by atoms with Crippen molar-refractivity contribution in [2.45, 2.75) is 19.3 Å². The van der Waals surface area contributed by atoms with Crippen LogP contribution in [0.3, 0.4) is 0 Å². The molecular weight excluding hydrogens is 314 g/mol. The maximum Gasteiger partial charge on any atom is 0.126 e. The molecule has 0 aliphatic carbocycles. The van der Waals surface area contributed by atoms with Crippen LogP contribution >= 0.6 is 15.9 Å². The molecule has 0 bridgehead atoms. The second kappa shape index (κ2) is 5.65. The number of pyridine rings is 1. The van der Waals surface area contributed by atoms with Gasteiger partial charge in [0.15, 0.2) is 0 Å². The van der Waals surface area contributed by atoms with Gasteiger partial charge in [0.25, 0.3) is 0 Å². The Balaban J connectivity index is 2.22. The highest BCUT2D eigenvalue weighted by molar-refractivity contribution is 9.10. The van der Waals surface area contributed by atoms with Gasteiger partial charge in [0.05, 0.1) is 17.6 Å². The molecule has 2 aromatic rings. The number of hydrogen-bond donors (Lipinski definition) is 1. The van der Waals surface area contributed by atoms with Crippen LogP contribution in [0.4, 0.5) is 14.5 Å². The van der Waals surface area contributed by atoms with Gasteiger partial charge in [0, 0.05) is 16.5 Å². The molecule has 5 heteroatoms. The van der Waals surface area contributed by atoms with E-state index in [0.29, 0.717) is 17.7 Å². The summed E-state index contributed by atoms with van der Waals surface area (Å²) in [5.74, 6) is -1.10. The number of hydrogen-bond acceptors (Lipinski definition) is 2. The zero-order chi connectivity index (χ0) is 14.0. The third kappa shape index (κ3) is 3.50. The van der Waals surface area contributed by atoms with Crippen molar-refractivity contribution >= 4 is 21.6 Å². The summed E-state index contributed by atoms with van der Waals surface area (Å²) in [6, 6.07) is 5.31. The molecule has 0 unspecified atom stereocenters. The number of benzene rings is 1. The fourth-order valence-corrected chi connectivity index (χ4v) is 2.76. The molecule has 0 aliphatic rings. The van der Waals surface area contributed by atoms with Crippen molar-refractivity contribution in [2.75, 3.05) is 5.73 Å². The monoisotopic (exact) mass is 326 g/mol. The molecule has 0 amide bonds. The number of halogens is 3. The third-order valence-electron chi connectivity index (χ3n) is 2.82. The highest BCUT2D eigenvalue weighted by atomic mass is 79.9. The topological polar surface area (TPSA) is 38.9 Å². The maximum atomic E-state index is 13.1. The van der Waals surface area contributed by atoms with E-state index in [4.69, 9.17) is 5.73 Å². The SMILES string of the molecule is C[C@@H](Cc1cc(F)cc(F)c1)c1ncc(N)cc1Br. The Morgan fingerprint density at radius 1 is 1.21 bits per heavy atom. The molecule has 0 spiro atoms. The van der Waals surface area contributed by atoms with E-state index in [1.807, 2.05) is 6.92 Å². The highest BCUT2D eigenvalue weighted by Crippen LogP contribution is 2.27. The number of aromatic nitrogens is 1. The van der Waals surface area contributed by atoms with Crippen LogP contribution in [-0.2, 0) is 6.42 Å². The van der Waals surface area contributed by atoms with Gasteiger partial charge in [-0.25, -0.2) is 8.78 Å². The molecule has 0 aliphatic heterocycles. The minimum atomic E-state index is -0.563. The molecule has 2 rings (SSSR count). The van der Waals surface area contributed by atoms with Crippen molar-refractivity contribution in [3.05, 3.63) is 57.8 Å². The molecule has 1 aromatic carbocycles. The molecule has 2 N–H and O–H groups in total. The van der Waals surface area contributed by atoms with Crippen LogP contribution in [0.5, 0.6) is 0 Å². The van der Waals surface area contributed by atoms with Crippen LogP contribution in [0.1, 0.15) is 24.1 Å². The first-order valence-corrected chi connectivity index (χ1v) is 6.61. The summed E-state index contributed by atoms with van der Waals surface area (Å²) in [4.78, 5) is 4.26. The lowest BCUT2D eigenvalue weighted by atomic mass is 9.97. The standard InChI is InChI=1S/C14H13BrF2N2/c1-8(14-13(15)6-12(18)7-19-14)2-9-3-10(16)5-11(17)4-9/h3-8H,2,18H2,1H3/t8-/m0/s1. The number of nitrogens with two attached hydrogens (primary N) is 1. The molecular formula is C14H13BrF2N2. The normalized spacial score (nSPS) is 12.4. The van der Waals surface area contributed by atoms with E-state index >= 15 is 0 Å². The second-order valence-electron chi connectivity index (χ2n) is 4.52. The first kappa shape index (κ1) is 13.9. The number of nitrogen functional groups attached to an aromatic ring is 1. The molecule has 0 saturated carbocycles. The van der Waals surface area contributed by atoms with E-state index in [-0.39, 0.29) is 5.92 Å². The average molecular weight is 327 g/mol. The molecule has 2 nitrogen and oxygen atoms in total. The predicted octanol–water partition coefficient (Wildman–Crippen LogP) is 4.05. The lowest BCUT2D eigenvalue weighted by Crippen LogP contribution is -2.04. The van der Waals surface area contributed by atoms with Crippen molar-refractivity contribution in [3.8, 4) is 0 Å². The summed E-state index contributed by atoms with van der Waals surface area (Å²) >= 11 is 3.40. The quantitative estimate of drug-likeness (QED) is 0.924. The minimum absolute atomic E-state index is 0.0242. The Morgan fingerprint density at radius 2 is 1.84 bits per heavy atom. The van der Waals surface area contributed by atoms with Gasteiger partial charge < -0.3 is 5.73 Å². The van der Waals surface area contributed by atoms with E-state index in [2.05, 4.69) is 20.9 Å². The zero-order valence-corrected chi connectivity index (χ0v) is 11.9. The predicted molar refractivity (Wildman–Crippen MR) is 74.8 cm³/mol. The maximum absolute atomic E-state index is 13.1. The van der Waals surface area contributed by atoms with Gasteiger partial charge >= 0.3 is 0 Å². The Kier molecular flexibility index (Phi) is 4.14. The highest BCUT2D eigenvalue weighted by Gasteiger charge is 2.13. The first-order valence-electron chi connectivity index (χ1n) is 5.81. The van der Waals surface area contributed by atoms with Gasteiger partial charge in [-0.1, -0.05) is 6.92 Å². The molecule has 0 saturated heterocycles. The molecule has 19 heavy (non-hydrogen) atoms. The molecule has 0 fully saturated rings. The molecule has 1 aromatic heterocycles. The van der Waals surface area contributed by atoms with Gasteiger partial charge in [0.1, 0.15) is 11.6 Å². The van der Waals surface area contributed by atoms with E-state index in [1.54, 1.807) is 12.3 Å². The van der Waals surface area contributed by atoms with Gasteiger partial charge in [-0.3, -0.25) is 4.98 Å². The fourth-order valence-electron chi connectivity index (χ4n) is 2.00. The van der Waals surface area contributed by atoms with Gasteiger partial charge in [-0.15, -0.1) is 0 Å². The van der Waals surface area contributed by atoms with Crippen LogP contribution in [0, 0.1) is 11.6 Å². The largest absolute Gasteiger partial charge is 0.397 e. The van der Waals surface area contributed by atoms with E-state index < -0.39 is 11.6 Å². The van der Waals surface area contributed by atoms with E-state index in [9.17, 15) is 8.78 Å². The van der Waals surface area contributed by atoms with Gasteiger partial charge in [-0.05, 0) is 46.1 Å². The molecule has 0 radical (unpaired) electrons. The fraction of sp³-hybridized carbons (Fsp3) is 0.214. The minimum Gasteiger partial charge on any atom is -0.397 e. The van der Waals surface area contributed by atoms with Crippen LogP contribution in [0.2, 0.25) is 0 Å². The average Bonchev–Trinajstić information content (AvgIpc) is 2.26. The van der Waals surface area contributed by atoms with Crippen molar-refractivity contribution in [2.24, 2.45) is 0 Å². The number of nitrogens with zero attached hydrogens (tertiary/aromatic N) is 1. The Bertz CT molecular complexity index is 582.